The van der Waals surface area contributed by atoms with E-state index in [2.05, 4.69) is 4.98 Å². The first kappa shape index (κ1) is 11.9. The van der Waals surface area contributed by atoms with Crippen LogP contribution in [0.2, 0.25) is 0 Å². The van der Waals surface area contributed by atoms with Crippen molar-refractivity contribution in [2.24, 2.45) is 5.92 Å². The molecule has 0 aliphatic carbocycles. The number of aliphatic hydroxyl groups is 1. The normalized spacial score (nSPS) is 12.6. The number of hydrogen-bond acceptors (Lipinski definition) is 3. The molecule has 3 nitrogen and oxygen atoms in total. The minimum absolute atomic E-state index is 0.134. The molecule has 1 aromatic heterocycles. The topological polar surface area (TPSA) is 42.4 Å². The van der Waals surface area contributed by atoms with E-state index >= 15 is 0 Å². The van der Waals surface area contributed by atoms with E-state index in [9.17, 15) is 0 Å². The summed E-state index contributed by atoms with van der Waals surface area (Å²) in [7, 11) is 0. The molecule has 1 heterocycles. The van der Waals surface area contributed by atoms with Crippen LogP contribution < -0.4 is 4.74 Å². The van der Waals surface area contributed by atoms with E-state index in [0.29, 0.717) is 6.61 Å². The second kappa shape index (κ2) is 5.15. The molecule has 1 N–H and O–H groups in total. The van der Waals surface area contributed by atoms with E-state index in [1.165, 1.54) is 0 Å². The number of fused-ring (bicyclic) bond motifs is 1. The summed E-state index contributed by atoms with van der Waals surface area (Å²) in [6.45, 7) is 4.55. The van der Waals surface area contributed by atoms with Crippen molar-refractivity contribution in [3.05, 3.63) is 36.0 Å². The third kappa shape index (κ3) is 2.74. The highest BCUT2D eigenvalue weighted by atomic mass is 16.5. The number of para-hydroxylation sites is 1. The number of aliphatic hydroxyl groups excluding tert-OH is 1. The summed E-state index contributed by atoms with van der Waals surface area (Å²) in [4.78, 5) is 4.49. The lowest BCUT2D eigenvalue weighted by molar-refractivity contribution is 0.175. The Balaban J connectivity index is 2.30. The van der Waals surface area contributed by atoms with Gasteiger partial charge < -0.3 is 9.84 Å². The average Bonchev–Trinajstić information content (AvgIpc) is 2.35. The number of nitrogens with zero attached hydrogens (tertiary/aromatic N) is 1. The van der Waals surface area contributed by atoms with E-state index in [1.54, 1.807) is 0 Å². The maximum absolute atomic E-state index is 8.97. The summed E-state index contributed by atoms with van der Waals surface area (Å²) < 4.78 is 5.70. The van der Waals surface area contributed by atoms with Crippen LogP contribution in [-0.4, -0.2) is 23.3 Å². The Kier molecular flexibility index (Phi) is 3.59. The smallest absolute Gasteiger partial charge is 0.145 e. The molecule has 1 aromatic carbocycles. The zero-order chi connectivity index (χ0) is 12.3. The van der Waals surface area contributed by atoms with Crippen LogP contribution in [0.5, 0.6) is 5.75 Å². The summed E-state index contributed by atoms with van der Waals surface area (Å²) in [5.74, 6) is 0.918. The molecule has 1 atom stereocenters. The summed E-state index contributed by atoms with van der Waals surface area (Å²) >= 11 is 0. The van der Waals surface area contributed by atoms with Gasteiger partial charge >= 0.3 is 0 Å². The maximum Gasteiger partial charge on any atom is 0.145 e. The van der Waals surface area contributed by atoms with Crippen LogP contribution in [0.3, 0.4) is 0 Å². The van der Waals surface area contributed by atoms with Gasteiger partial charge in [0.2, 0.25) is 0 Å². The van der Waals surface area contributed by atoms with Crippen molar-refractivity contribution in [1.29, 1.82) is 0 Å². The predicted molar refractivity (Wildman–Crippen MR) is 68.2 cm³/mol. The van der Waals surface area contributed by atoms with Gasteiger partial charge in [-0.1, -0.05) is 25.1 Å². The molecular weight excluding hydrogens is 214 g/mol. The van der Waals surface area contributed by atoms with Crippen molar-refractivity contribution in [2.75, 3.05) is 13.2 Å². The SMILES string of the molecule is Cc1ccc2cccc(OCC(C)CO)c2n1. The van der Waals surface area contributed by atoms with Gasteiger partial charge in [-0.3, -0.25) is 0 Å². The van der Waals surface area contributed by atoms with Crippen LogP contribution >= 0.6 is 0 Å². The fraction of sp³-hybridized carbons (Fsp3) is 0.357. The maximum atomic E-state index is 8.97. The monoisotopic (exact) mass is 231 g/mol. The summed E-state index contributed by atoms with van der Waals surface area (Å²) in [6, 6.07) is 9.92. The second-order valence-electron chi connectivity index (χ2n) is 4.38. The summed E-state index contributed by atoms with van der Waals surface area (Å²) in [6.07, 6.45) is 0. The zero-order valence-electron chi connectivity index (χ0n) is 10.2. The first-order valence-electron chi connectivity index (χ1n) is 5.80. The van der Waals surface area contributed by atoms with Gasteiger partial charge in [0.05, 0.1) is 6.61 Å². The molecule has 2 rings (SSSR count). The molecule has 0 saturated heterocycles. The van der Waals surface area contributed by atoms with Crippen molar-refractivity contribution in [3.63, 3.8) is 0 Å². The number of rotatable bonds is 4. The van der Waals surface area contributed by atoms with E-state index < -0.39 is 0 Å². The molecule has 90 valence electrons. The van der Waals surface area contributed by atoms with Crippen molar-refractivity contribution in [3.8, 4) is 5.75 Å². The summed E-state index contributed by atoms with van der Waals surface area (Å²) in [5, 5.41) is 10.0. The average molecular weight is 231 g/mol. The lowest BCUT2D eigenvalue weighted by atomic mass is 10.2. The van der Waals surface area contributed by atoms with E-state index in [0.717, 1.165) is 22.3 Å². The molecule has 0 aliphatic rings. The van der Waals surface area contributed by atoms with Gasteiger partial charge in [-0.2, -0.15) is 0 Å². The third-order valence-electron chi connectivity index (χ3n) is 2.66. The van der Waals surface area contributed by atoms with Crippen LogP contribution in [0.15, 0.2) is 30.3 Å². The van der Waals surface area contributed by atoms with Gasteiger partial charge in [-0.25, -0.2) is 4.98 Å². The van der Waals surface area contributed by atoms with Gasteiger partial charge in [0.1, 0.15) is 11.3 Å². The molecule has 0 fully saturated rings. The molecule has 0 radical (unpaired) electrons. The number of aryl methyl sites for hydroxylation is 1. The largest absolute Gasteiger partial charge is 0.491 e. The number of hydrogen-bond donors (Lipinski definition) is 1. The Morgan fingerprint density at radius 2 is 2.12 bits per heavy atom. The Hall–Kier alpha value is -1.61. The van der Waals surface area contributed by atoms with Crippen molar-refractivity contribution in [2.45, 2.75) is 13.8 Å². The van der Waals surface area contributed by atoms with E-state index in [-0.39, 0.29) is 12.5 Å². The molecule has 2 aromatic rings. The molecule has 0 spiro atoms. The van der Waals surface area contributed by atoms with Gasteiger partial charge in [0.15, 0.2) is 0 Å². The number of ether oxygens (including phenoxy) is 1. The van der Waals surface area contributed by atoms with Crippen molar-refractivity contribution in [1.82, 2.24) is 4.98 Å². The van der Waals surface area contributed by atoms with Gasteiger partial charge in [-0.15, -0.1) is 0 Å². The molecule has 0 amide bonds. The Morgan fingerprint density at radius 1 is 1.29 bits per heavy atom. The molecule has 0 bridgehead atoms. The minimum Gasteiger partial charge on any atom is -0.491 e. The highest BCUT2D eigenvalue weighted by molar-refractivity contribution is 5.84. The Morgan fingerprint density at radius 3 is 2.88 bits per heavy atom. The van der Waals surface area contributed by atoms with Crippen LogP contribution in [-0.2, 0) is 0 Å². The fourth-order valence-electron chi connectivity index (χ4n) is 1.62. The molecule has 0 saturated carbocycles. The highest BCUT2D eigenvalue weighted by Gasteiger charge is 2.06. The van der Waals surface area contributed by atoms with Crippen LogP contribution in [0.1, 0.15) is 12.6 Å². The van der Waals surface area contributed by atoms with Gasteiger partial charge in [0, 0.05) is 23.6 Å². The number of pyridine rings is 1. The number of benzene rings is 1. The number of aromatic nitrogens is 1. The fourth-order valence-corrected chi connectivity index (χ4v) is 1.62. The van der Waals surface area contributed by atoms with Crippen LogP contribution in [0.4, 0.5) is 0 Å². The predicted octanol–water partition coefficient (Wildman–Crippen LogP) is 2.55. The van der Waals surface area contributed by atoms with Gasteiger partial charge in [-0.05, 0) is 19.1 Å². The third-order valence-corrected chi connectivity index (χ3v) is 2.66. The first-order chi connectivity index (χ1) is 8.20. The summed E-state index contributed by atoms with van der Waals surface area (Å²) in [5.41, 5.74) is 1.86. The van der Waals surface area contributed by atoms with E-state index in [4.69, 9.17) is 9.84 Å². The van der Waals surface area contributed by atoms with Gasteiger partial charge in [0.25, 0.3) is 0 Å². The first-order valence-corrected chi connectivity index (χ1v) is 5.80. The highest BCUT2D eigenvalue weighted by Crippen LogP contribution is 2.24. The molecule has 1 unspecified atom stereocenters. The lowest BCUT2D eigenvalue weighted by Crippen LogP contribution is -2.12. The lowest BCUT2D eigenvalue weighted by Gasteiger charge is -2.12. The molecule has 3 heteroatoms. The zero-order valence-corrected chi connectivity index (χ0v) is 10.2. The van der Waals surface area contributed by atoms with Crippen LogP contribution in [0.25, 0.3) is 10.9 Å². The van der Waals surface area contributed by atoms with Crippen molar-refractivity contribution >= 4 is 10.9 Å². The Labute approximate surface area is 101 Å². The molecule has 0 aliphatic heterocycles. The molecule has 17 heavy (non-hydrogen) atoms. The Bertz CT molecular complexity index is 511. The molecular formula is C14H17NO2. The second-order valence-corrected chi connectivity index (χ2v) is 4.38. The van der Waals surface area contributed by atoms with E-state index in [1.807, 2.05) is 44.2 Å². The standard InChI is InChI=1S/C14H17NO2/c1-10(8-16)9-17-13-5-3-4-12-7-6-11(2)15-14(12)13/h3-7,10,16H,8-9H2,1-2H3. The minimum atomic E-state index is 0.134. The quantitative estimate of drug-likeness (QED) is 0.879. The van der Waals surface area contributed by atoms with Crippen LogP contribution in [0, 0.1) is 12.8 Å². The van der Waals surface area contributed by atoms with Crippen molar-refractivity contribution < 1.29 is 9.84 Å².